The van der Waals surface area contributed by atoms with E-state index in [0.29, 0.717) is 0 Å². The molecule has 0 saturated heterocycles. The normalized spacial score (nSPS) is 12.8. The molecule has 1 N–H and O–H groups in total. The smallest absolute Gasteiger partial charge is 0.0593 e. The molecule has 1 atom stereocenters. The molecule has 1 aromatic heterocycles. The highest BCUT2D eigenvalue weighted by molar-refractivity contribution is 7.17. The Hall–Kier alpha value is -1.64. The summed E-state index contributed by atoms with van der Waals surface area (Å²) in [6.45, 7) is 4.39. The van der Waals surface area contributed by atoms with Crippen molar-refractivity contribution in [3.05, 3.63) is 70.1 Å². The average molecular weight is 281 g/mol. The van der Waals surface area contributed by atoms with E-state index in [9.17, 15) is 0 Å². The van der Waals surface area contributed by atoms with E-state index in [-0.39, 0.29) is 6.04 Å². The highest BCUT2D eigenvalue weighted by Crippen LogP contribution is 2.35. The van der Waals surface area contributed by atoms with Crippen LogP contribution in [0.2, 0.25) is 0 Å². The van der Waals surface area contributed by atoms with Gasteiger partial charge in [0, 0.05) is 4.70 Å². The number of hydrogen-bond acceptors (Lipinski definition) is 2. The lowest BCUT2D eigenvalue weighted by molar-refractivity contribution is 0.690. The van der Waals surface area contributed by atoms with Gasteiger partial charge in [-0.15, -0.1) is 11.3 Å². The summed E-state index contributed by atoms with van der Waals surface area (Å²) in [4.78, 5) is 0. The van der Waals surface area contributed by atoms with Gasteiger partial charge in [-0.25, -0.2) is 0 Å². The first kappa shape index (κ1) is 13.3. The van der Waals surface area contributed by atoms with Crippen molar-refractivity contribution in [1.29, 1.82) is 0 Å². The summed E-state index contributed by atoms with van der Waals surface area (Å²) in [7, 11) is 2.04. The van der Waals surface area contributed by atoms with Crippen molar-refractivity contribution < 1.29 is 0 Å². The van der Waals surface area contributed by atoms with E-state index in [1.807, 2.05) is 18.4 Å². The van der Waals surface area contributed by atoms with Gasteiger partial charge < -0.3 is 5.32 Å². The number of rotatable bonds is 3. The predicted octanol–water partition coefficient (Wildman–Crippen LogP) is 4.83. The van der Waals surface area contributed by atoms with Crippen LogP contribution in [-0.4, -0.2) is 7.05 Å². The summed E-state index contributed by atoms with van der Waals surface area (Å²) in [6, 6.07) is 15.4. The first-order chi connectivity index (χ1) is 9.72. The van der Waals surface area contributed by atoms with Gasteiger partial charge in [0.2, 0.25) is 0 Å². The third-order valence-corrected chi connectivity index (χ3v) is 4.92. The Morgan fingerprint density at radius 3 is 2.35 bits per heavy atom. The molecule has 0 aliphatic rings. The van der Waals surface area contributed by atoms with Gasteiger partial charge >= 0.3 is 0 Å². The van der Waals surface area contributed by atoms with E-state index in [1.165, 1.54) is 32.3 Å². The van der Waals surface area contributed by atoms with Gasteiger partial charge in [-0.1, -0.05) is 36.4 Å². The Balaban J connectivity index is 2.20. The zero-order valence-corrected chi connectivity index (χ0v) is 12.9. The fourth-order valence-electron chi connectivity index (χ4n) is 2.96. The van der Waals surface area contributed by atoms with E-state index in [0.717, 1.165) is 0 Å². The molecule has 0 radical (unpaired) electrons. The molecule has 3 aromatic rings. The molecule has 0 amide bonds. The van der Waals surface area contributed by atoms with Crippen LogP contribution in [0.3, 0.4) is 0 Å². The fourth-order valence-corrected chi connectivity index (χ4v) is 3.95. The number of nitrogens with one attached hydrogen (secondary N) is 1. The second-order valence-electron chi connectivity index (χ2n) is 5.21. The molecular weight excluding hydrogens is 262 g/mol. The zero-order valence-electron chi connectivity index (χ0n) is 12.1. The van der Waals surface area contributed by atoms with Crippen molar-refractivity contribution >= 4 is 21.4 Å². The van der Waals surface area contributed by atoms with Gasteiger partial charge in [-0.05, 0) is 60.0 Å². The molecule has 2 heteroatoms. The first-order valence-corrected chi connectivity index (χ1v) is 7.80. The Morgan fingerprint density at radius 2 is 1.65 bits per heavy atom. The van der Waals surface area contributed by atoms with E-state index < -0.39 is 0 Å². The number of hydrogen-bond donors (Lipinski definition) is 1. The van der Waals surface area contributed by atoms with Gasteiger partial charge in [0.1, 0.15) is 0 Å². The number of aryl methyl sites for hydroxylation is 2. The minimum atomic E-state index is 0.257. The highest BCUT2D eigenvalue weighted by atomic mass is 32.1. The van der Waals surface area contributed by atoms with Crippen molar-refractivity contribution in [2.45, 2.75) is 19.9 Å². The van der Waals surface area contributed by atoms with E-state index >= 15 is 0 Å². The van der Waals surface area contributed by atoms with Crippen LogP contribution in [0, 0.1) is 13.8 Å². The fraction of sp³-hybridized carbons (Fsp3) is 0.222. The molecule has 0 saturated carbocycles. The summed E-state index contributed by atoms with van der Waals surface area (Å²) in [5, 5.41) is 7.15. The molecule has 1 heterocycles. The Bertz CT molecular complexity index is 722. The number of thiophene rings is 1. The molecular formula is C18H19NS. The minimum absolute atomic E-state index is 0.257. The lowest BCUT2D eigenvalue weighted by Gasteiger charge is -2.21. The van der Waals surface area contributed by atoms with Crippen LogP contribution in [0.25, 0.3) is 10.1 Å². The molecule has 0 aliphatic carbocycles. The van der Waals surface area contributed by atoms with Crippen LogP contribution in [0.5, 0.6) is 0 Å². The van der Waals surface area contributed by atoms with Crippen molar-refractivity contribution in [3.8, 4) is 0 Å². The maximum Gasteiger partial charge on any atom is 0.0593 e. The molecule has 0 bridgehead atoms. The van der Waals surface area contributed by atoms with Crippen molar-refractivity contribution in [2.75, 3.05) is 7.05 Å². The summed E-state index contributed by atoms with van der Waals surface area (Å²) in [5.74, 6) is 0. The Kier molecular flexibility index (Phi) is 3.60. The van der Waals surface area contributed by atoms with Crippen molar-refractivity contribution in [2.24, 2.45) is 0 Å². The van der Waals surface area contributed by atoms with Crippen LogP contribution < -0.4 is 5.32 Å². The van der Waals surface area contributed by atoms with Crippen LogP contribution in [0.1, 0.15) is 28.3 Å². The standard InChI is InChI=1S/C18H19NS/c1-12-7-6-8-13(2)17(12)18(19-3)15-11-20-16-10-5-4-9-14(15)16/h4-11,18-19H,1-3H3. The second kappa shape index (κ2) is 5.39. The van der Waals surface area contributed by atoms with Gasteiger partial charge in [0.05, 0.1) is 6.04 Å². The highest BCUT2D eigenvalue weighted by Gasteiger charge is 2.19. The summed E-state index contributed by atoms with van der Waals surface area (Å²) >= 11 is 1.82. The first-order valence-electron chi connectivity index (χ1n) is 6.92. The van der Waals surface area contributed by atoms with Gasteiger partial charge in [0.25, 0.3) is 0 Å². The maximum atomic E-state index is 3.50. The van der Waals surface area contributed by atoms with E-state index in [2.05, 4.69) is 67.0 Å². The second-order valence-corrected chi connectivity index (χ2v) is 6.13. The van der Waals surface area contributed by atoms with E-state index in [4.69, 9.17) is 0 Å². The molecule has 102 valence electrons. The molecule has 0 spiro atoms. The van der Waals surface area contributed by atoms with Crippen LogP contribution in [0.15, 0.2) is 47.8 Å². The van der Waals surface area contributed by atoms with Crippen LogP contribution in [0.4, 0.5) is 0 Å². The molecule has 1 unspecified atom stereocenters. The van der Waals surface area contributed by atoms with Gasteiger partial charge in [-0.3, -0.25) is 0 Å². The molecule has 0 fully saturated rings. The summed E-state index contributed by atoms with van der Waals surface area (Å²) < 4.78 is 1.36. The maximum absolute atomic E-state index is 3.50. The predicted molar refractivity (Wildman–Crippen MR) is 88.6 cm³/mol. The summed E-state index contributed by atoms with van der Waals surface area (Å²) in [6.07, 6.45) is 0. The molecule has 2 aromatic carbocycles. The van der Waals surface area contributed by atoms with Gasteiger partial charge in [0.15, 0.2) is 0 Å². The number of benzene rings is 2. The SMILES string of the molecule is CNC(c1c(C)cccc1C)c1csc2ccccc12. The molecule has 1 nitrogen and oxygen atoms in total. The third kappa shape index (κ3) is 2.15. The topological polar surface area (TPSA) is 12.0 Å². The molecule has 3 rings (SSSR count). The Morgan fingerprint density at radius 1 is 0.950 bits per heavy atom. The monoisotopic (exact) mass is 281 g/mol. The minimum Gasteiger partial charge on any atom is -0.309 e. The lowest BCUT2D eigenvalue weighted by atomic mass is 9.91. The molecule has 20 heavy (non-hydrogen) atoms. The molecule has 0 aliphatic heterocycles. The number of fused-ring (bicyclic) bond motifs is 1. The van der Waals surface area contributed by atoms with Crippen molar-refractivity contribution in [1.82, 2.24) is 5.32 Å². The van der Waals surface area contributed by atoms with Crippen LogP contribution in [-0.2, 0) is 0 Å². The van der Waals surface area contributed by atoms with Gasteiger partial charge in [-0.2, -0.15) is 0 Å². The third-order valence-electron chi connectivity index (χ3n) is 3.94. The Labute approximate surface area is 124 Å². The lowest BCUT2D eigenvalue weighted by Crippen LogP contribution is -2.19. The van der Waals surface area contributed by atoms with E-state index in [1.54, 1.807) is 0 Å². The quantitative estimate of drug-likeness (QED) is 0.725. The average Bonchev–Trinajstić information content (AvgIpc) is 2.87. The van der Waals surface area contributed by atoms with Crippen molar-refractivity contribution in [3.63, 3.8) is 0 Å². The zero-order chi connectivity index (χ0) is 14.1. The summed E-state index contributed by atoms with van der Waals surface area (Å²) in [5.41, 5.74) is 5.48. The van der Waals surface area contributed by atoms with Crippen LogP contribution >= 0.6 is 11.3 Å². The largest absolute Gasteiger partial charge is 0.309 e.